The first-order valence-electron chi connectivity index (χ1n) is 4.77. The lowest BCUT2D eigenvalue weighted by atomic mass is 10.2. The van der Waals surface area contributed by atoms with Crippen molar-refractivity contribution in [1.82, 2.24) is 0 Å². The van der Waals surface area contributed by atoms with Crippen LogP contribution in [-0.4, -0.2) is 30.4 Å². The summed E-state index contributed by atoms with van der Waals surface area (Å²) >= 11 is 0. The number of ether oxygens (including phenoxy) is 1. The Morgan fingerprint density at radius 3 is 2.69 bits per heavy atom. The number of phenolic OH excluding ortho intramolecular Hbond substituents is 1. The maximum absolute atomic E-state index is 10.4. The Labute approximate surface area is 94.4 Å². The largest absolute Gasteiger partial charge is 0.504 e. The Morgan fingerprint density at radius 1 is 1.38 bits per heavy atom. The topological polar surface area (TPSA) is 83.8 Å². The minimum absolute atomic E-state index is 0.0503. The van der Waals surface area contributed by atoms with Crippen LogP contribution >= 0.6 is 0 Å². The van der Waals surface area contributed by atoms with Crippen LogP contribution in [0.4, 0.5) is 0 Å². The van der Waals surface area contributed by atoms with Crippen LogP contribution in [0.1, 0.15) is 12.0 Å². The summed E-state index contributed by atoms with van der Waals surface area (Å²) in [5.41, 5.74) is 0.687. The zero-order chi connectivity index (χ0) is 12.2. The second-order valence-electron chi connectivity index (χ2n) is 3.41. The summed E-state index contributed by atoms with van der Waals surface area (Å²) in [6.45, 7) is 1.86. The standard InChI is InChI=1S/C10H14O5S/c1-8-4-2-5-9(10(8)11)15-6-3-7-16(12,13)14/h2,4-5,11H,3,6-7H2,1H3,(H,12,13,14). The average molecular weight is 246 g/mol. The number of hydrogen-bond acceptors (Lipinski definition) is 4. The fourth-order valence-electron chi connectivity index (χ4n) is 1.17. The molecule has 0 heterocycles. The molecule has 0 aliphatic heterocycles. The molecule has 0 saturated heterocycles. The summed E-state index contributed by atoms with van der Waals surface area (Å²) in [4.78, 5) is 0. The van der Waals surface area contributed by atoms with E-state index in [1.807, 2.05) is 0 Å². The quantitative estimate of drug-likeness (QED) is 0.605. The molecule has 0 unspecified atom stereocenters. The van der Waals surface area contributed by atoms with E-state index in [0.717, 1.165) is 0 Å². The molecule has 5 nitrogen and oxygen atoms in total. The molecule has 1 aromatic rings. The smallest absolute Gasteiger partial charge is 0.264 e. The van der Waals surface area contributed by atoms with Crippen molar-refractivity contribution in [2.45, 2.75) is 13.3 Å². The van der Waals surface area contributed by atoms with Crippen LogP contribution in [0.5, 0.6) is 11.5 Å². The molecule has 2 N–H and O–H groups in total. The first kappa shape index (κ1) is 12.8. The zero-order valence-electron chi connectivity index (χ0n) is 8.88. The molecule has 0 aliphatic carbocycles. The molecule has 0 bridgehead atoms. The van der Waals surface area contributed by atoms with Gasteiger partial charge in [0.2, 0.25) is 0 Å². The molecule has 1 aromatic carbocycles. The van der Waals surface area contributed by atoms with Gasteiger partial charge in [0.15, 0.2) is 11.5 Å². The maximum atomic E-state index is 10.4. The summed E-state index contributed by atoms with van der Waals surface area (Å²) in [5, 5.41) is 9.56. The van der Waals surface area contributed by atoms with E-state index in [0.29, 0.717) is 11.3 Å². The van der Waals surface area contributed by atoms with Gasteiger partial charge in [0, 0.05) is 0 Å². The van der Waals surface area contributed by atoms with Crippen molar-refractivity contribution in [2.75, 3.05) is 12.4 Å². The van der Waals surface area contributed by atoms with Gasteiger partial charge >= 0.3 is 0 Å². The second-order valence-corrected chi connectivity index (χ2v) is 4.98. The lowest BCUT2D eigenvalue weighted by molar-refractivity contribution is 0.298. The van der Waals surface area contributed by atoms with E-state index < -0.39 is 10.1 Å². The minimum atomic E-state index is -3.94. The Hall–Kier alpha value is -1.27. The van der Waals surface area contributed by atoms with Crippen LogP contribution in [0.25, 0.3) is 0 Å². The van der Waals surface area contributed by atoms with Gasteiger partial charge in [-0.2, -0.15) is 8.42 Å². The summed E-state index contributed by atoms with van der Waals surface area (Å²) in [6.07, 6.45) is 0.173. The summed E-state index contributed by atoms with van der Waals surface area (Å²) in [7, 11) is -3.94. The number of rotatable bonds is 5. The molecule has 0 radical (unpaired) electrons. The molecule has 0 atom stereocenters. The molecule has 0 amide bonds. The highest BCUT2D eigenvalue weighted by Gasteiger charge is 2.06. The number of hydrogen-bond donors (Lipinski definition) is 2. The third-order valence-corrected chi connectivity index (χ3v) is 2.81. The second kappa shape index (κ2) is 5.18. The molecule has 0 spiro atoms. The van der Waals surface area contributed by atoms with Crippen molar-refractivity contribution < 1.29 is 22.8 Å². The molecule has 0 aliphatic rings. The van der Waals surface area contributed by atoms with E-state index >= 15 is 0 Å². The van der Waals surface area contributed by atoms with Gasteiger partial charge < -0.3 is 9.84 Å². The molecule has 0 saturated carbocycles. The summed E-state index contributed by atoms with van der Waals surface area (Å²) < 4.78 is 34.5. The van der Waals surface area contributed by atoms with Crippen molar-refractivity contribution in [3.05, 3.63) is 23.8 Å². The minimum Gasteiger partial charge on any atom is -0.504 e. The number of benzene rings is 1. The summed E-state index contributed by atoms with van der Waals surface area (Å²) in [5.74, 6) is 0.0178. The van der Waals surface area contributed by atoms with Crippen LogP contribution < -0.4 is 4.74 Å². The van der Waals surface area contributed by atoms with Gasteiger partial charge in [-0.05, 0) is 25.0 Å². The molecule has 1 rings (SSSR count). The predicted molar refractivity (Wildman–Crippen MR) is 59.4 cm³/mol. The number of phenols is 1. The van der Waals surface area contributed by atoms with Crippen molar-refractivity contribution in [3.63, 3.8) is 0 Å². The van der Waals surface area contributed by atoms with Crippen LogP contribution in [0.3, 0.4) is 0 Å². The Morgan fingerprint density at radius 2 is 2.06 bits per heavy atom. The van der Waals surface area contributed by atoms with E-state index in [4.69, 9.17) is 9.29 Å². The lowest BCUT2D eigenvalue weighted by Crippen LogP contribution is -2.08. The van der Waals surface area contributed by atoms with Crippen LogP contribution in [0.2, 0.25) is 0 Å². The van der Waals surface area contributed by atoms with Crippen molar-refractivity contribution >= 4 is 10.1 Å². The zero-order valence-corrected chi connectivity index (χ0v) is 9.70. The number of para-hydroxylation sites is 1. The molecule has 90 valence electrons. The van der Waals surface area contributed by atoms with E-state index in [2.05, 4.69) is 0 Å². The average Bonchev–Trinajstić information content (AvgIpc) is 2.17. The van der Waals surface area contributed by atoms with Crippen molar-refractivity contribution in [1.29, 1.82) is 0 Å². The van der Waals surface area contributed by atoms with Gasteiger partial charge in [0.1, 0.15) is 0 Å². The van der Waals surface area contributed by atoms with Gasteiger partial charge in [-0.3, -0.25) is 4.55 Å². The SMILES string of the molecule is Cc1cccc(OCCCS(=O)(=O)O)c1O. The predicted octanol–water partition coefficient (Wildman–Crippen LogP) is 1.36. The van der Waals surface area contributed by atoms with E-state index in [1.165, 1.54) is 0 Å². The Bertz CT molecular complexity index is 452. The van der Waals surface area contributed by atoms with E-state index in [9.17, 15) is 13.5 Å². The fourth-order valence-corrected chi connectivity index (χ4v) is 1.65. The van der Waals surface area contributed by atoms with Crippen LogP contribution in [0, 0.1) is 6.92 Å². The highest BCUT2D eigenvalue weighted by molar-refractivity contribution is 7.85. The first-order chi connectivity index (χ1) is 7.40. The summed E-state index contributed by atoms with van der Waals surface area (Å²) in [6, 6.07) is 5.06. The van der Waals surface area contributed by atoms with E-state index in [-0.39, 0.29) is 24.5 Å². The first-order valence-corrected chi connectivity index (χ1v) is 6.37. The normalized spacial score (nSPS) is 11.4. The fraction of sp³-hybridized carbons (Fsp3) is 0.400. The molecular weight excluding hydrogens is 232 g/mol. The van der Waals surface area contributed by atoms with Gasteiger partial charge in [-0.1, -0.05) is 12.1 Å². The van der Waals surface area contributed by atoms with E-state index in [1.54, 1.807) is 25.1 Å². The highest BCUT2D eigenvalue weighted by Crippen LogP contribution is 2.28. The molecule has 6 heteroatoms. The molecule has 0 aromatic heterocycles. The lowest BCUT2D eigenvalue weighted by Gasteiger charge is -2.08. The monoisotopic (exact) mass is 246 g/mol. The Balaban J connectivity index is 2.47. The highest BCUT2D eigenvalue weighted by atomic mass is 32.2. The molecular formula is C10H14O5S. The van der Waals surface area contributed by atoms with Crippen LogP contribution in [0.15, 0.2) is 18.2 Å². The van der Waals surface area contributed by atoms with Gasteiger partial charge in [0.25, 0.3) is 10.1 Å². The number of aromatic hydroxyl groups is 1. The molecule has 0 fully saturated rings. The van der Waals surface area contributed by atoms with Gasteiger partial charge in [-0.15, -0.1) is 0 Å². The van der Waals surface area contributed by atoms with Gasteiger partial charge in [-0.25, -0.2) is 0 Å². The van der Waals surface area contributed by atoms with Crippen LogP contribution in [-0.2, 0) is 10.1 Å². The van der Waals surface area contributed by atoms with Crippen molar-refractivity contribution in [3.8, 4) is 11.5 Å². The van der Waals surface area contributed by atoms with Crippen molar-refractivity contribution in [2.24, 2.45) is 0 Å². The Kier molecular flexibility index (Phi) is 4.14. The third-order valence-electron chi connectivity index (χ3n) is 2.00. The third kappa shape index (κ3) is 4.08. The number of aryl methyl sites for hydroxylation is 1. The molecule has 16 heavy (non-hydrogen) atoms. The van der Waals surface area contributed by atoms with Gasteiger partial charge in [0.05, 0.1) is 12.4 Å². The maximum Gasteiger partial charge on any atom is 0.264 e.